The van der Waals surface area contributed by atoms with Gasteiger partial charge < -0.3 is 0 Å². The van der Waals surface area contributed by atoms with Crippen LogP contribution >= 0.6 is 0 Å². The second-order valence-electron chi connectivity index (χ2n) is 4.09. The largest absolute Gasteiger partial charge is 0.0961 e. The molecule has 0 spiro atoms. The SMILES string of the molecule is C=C(C)/C=C\C(=C)C1CCCCC1. The number of hydrogen-bond donors (Lipinski definition) is 0. The Morgan fingerprint density at radius 2 is 1.69 bits per heavy atom. The third-order valence-corrected chi connectivity index (χ3v) is 2.71. The molecule has 13 heavy (non-hydrogen) atoms. The molecule has 0 heteroatoms. The summed E-state index contributed by atoms with van der Waals surface area (Å²) in [5.41, 5.74) is 2.40. The van der Waals surface area contributed by atoms with Gasteiger partial charge in [0.05, 0.1) is 0 Å². The van der Waals surface area contributed by atoms with Crippen LogP contribution in [0.2, 0.25) is 0 Å². The van der Waals surface area contributed by atoms with Gasteiger partial charge in [-0.15, -0.1) is 0 Å². The van der Waals surface area contributed by atoms with Gasteiger partial charge in [-0.05, 0) is 25.7 Å². The Balaban J connectivity index is 2.41. The van der Waals surface area contributed by atoms with Crippen LogP contribution in [0.25, 0.3) is 0 Å². The average Bonchev–Trinajstić information content (AvgIpc) is 2.15. The molecule has 0 aromatic rings. The standard InChI is InChI=1S/C13H20/c1-11(2)9-10-12(3)13-7-5-4-6-8-13/h9-10,13H,1,3-8H2,2H3/b10-9-. The maximum absolute atomic E-state index is 4.12. The molecule has 0 bridgehead atoms. The van der Waals surface area contributed by atoms with E-state index in [-0.39, 0.29) is 0 Å². The number of allylic oxidation sites excluding steroid dienone is 4. The Morgan fingerprint density at radius 3 is 2.23 bits per heavy atom. The lowest BCUT2D eigenvalue weighted by Crippen LogP contribution is -2.06. The van der Waals surface area contributed by atoms with Crippen molar-refractivity contribution in [2.24, 2.45) is 5.92 Å². The maximum Gasteiger partial charge on any atom is -0.0168 e. The molecule has 1 rings (SSSR count). The fraction of sp³-hybridized carbons (Fsp3) is 0.538. The summed E-state index contributed by atoms with van der Waals surface area (Å²) in [6.45, 7) is 9.99. The molecular formula is C13H20. The maximum atomic E-state index is 4.12. The predicted octanol–water partition coefficient (Wildman–Crippen LogP) is 4.26. The first-order chi connectivity index (χ1) is 6.20. The Morgan fingerprint density at radius 1 is 1.08 bits per heavy atom. The van der Waals surface area contributed by atoms with E-state index in [1.54, 1.807) is 0 Å². The van der Waals surface area contributed by atoms with Crippen LogP contribution in [0.3, 0.4) is 0 Å². The zero-order valence-corrected chi connectivity index (χ0v) is 8.68. The molecule has 0 nitrogen and oxygen atoms in total. The summed E-state index contributed by atoms with van der Waals surface area (Å²) in [4.78, 5) is 0. The molecule has 0 amide bonds. The Kier molecular flexibility index (Phi) is 4.01. The van der Waals surface area contributed by atoms with Gasteiger partial charge in [0.2, 0.25) is 0 Å². The molecule has 1 fully saturated rings. The quantitative estimate of drug-likeness (QED) is 0.564. The van der Waals surface area contributed by atoms with E-state index in [0.29, 0.717) is 0 Å². The van der Waals surface area contributed by atoms with E-state index in [1.165, 1.54) is 37.7 Å². The highest BCUT2D eigenvalue weighted by atomic mass is 14.2. The molecule has 1 aliphatic carbocycles. The van der Waals surface area contributed by atoms with Crippen LogP contribution in [0, 0.1) is 5.92 Å². The second kappa shape index (κ2) is 5.06. The summed E-state index contributed by atoms with van der Waals surface area (Å²) < 4.78 is 0. The van der Waals surface area contributed by atoms with E-state index >= 15 is 0 Å². The van der Waals surface area contributed by atoms with Crippen molar-refractivity contribution < 1.29 is 0 Å². The van der Waals surface area contributed by atoms with Gasteiger partial charge in [-0.3, -0.25) is 0 Å². The van der Waals surface area contributed by atoms with Crippen LogP contribution in [-0.4, -0.2) is 0 Å². The molecule has 0 aromatic carbocycles. The van der Waals surface area contributed by atoms with Gasteiger partial charge in [-0.25, -0.2) is 0 Å². The minimum atomic E-state index is 0.740. The zero-order chi connectivity index (χ0) is 9.68. The Hall–Kier alpha value is -0.780. The van der Waals surface area contributed by atoms with Gasteiger partial charge in [0.1, 0.15) is 0 Å². The summed E-state index contributed by atoms with van der Waals surface area (Å²) in [6, 6.07) is 0. The molecule has 0 heterocycles. The number of hydrogen-bond acceptors (Lipinski definition) is 0. The molecule has 0 unspecified atom stereocenters. The first-order valence-corrected chi connectivity index (χ1v) is 5.22. The summed E-state index contributed by atoms with van der Waals surface area (Å²) in [7, 11) is 0. The van der Waals surface area contributed by atoms with Crippen LogP contribution in [0.15, 0.2) is 36.5 Å². The molecule has 0 saturated heterocycles. The summed E-state index contributed by atoms with van der Waals surface area (Å²) >= 11 is 0. The van der Waals surface area contributed by atoms with Crippen LogP contribution in [0.5, 0.6) is 0 Å². The van der Waals surface area contributed by atoms with E-state index in [2.05, 4.69) is 25.3 Å². The summed E-state index contributed by atoms with van der Waals surface area (Å²) in [5, 5.41) is 0. The van der Waals surface area contributed by atoms with E-state index < -0.39 is 0 Å². The van der Waals surface area contributed by atoms with Crippen molar-refractivity contribution in [2.45, 2.75) is 39.0 Å². The van der Waals surface area contributed by atoms with Crippen LogP contribution < -0.4 is 0 Å². The molecule has 0 radical (unpaired) electrons. The third-order valence-electron chi connectivity index (χ3n) is 2.71. The van der Waals surface area contributed by atoms with Crippen molar-refractivity contribution in [3.05, 3.63) is 36.5 Å². The van der Waals surface area contributed by atoms with Crippen molar-refractivity contribution in [1.82, 2.24) is 0 Å². The van der Waals surface area contributed by atoms with E-state index in [0.717, 1.165) is 11.5 Å². The second-order valence-corrected chi connectivity index (χ2v) is 4.09. The molecule has 0 atom stereocenters. The number of rotatable bonds is 3. The lowest BCUT2D eigenvalue weighted by Gasteiger charge is -2.21. The highest BCUT2D eigenvalue weighted by Gasteiger charge is 2.14. The van der Waals surface area contributed by atoms with E-state index in [1.807, 2.05) is 6.92 Å². The zero-order valence-electron chi connectivity index (χ0n) is 8.68. The molecule has 0 N–H and O–H groups in total. The molecular weight excluding hydrogens is 156 g/mol. The Bertz CT molecular complexity index is 214. The fourth-order valence-electron chi connectivity index (χ4n) is 1.86. The minimum absolute atomic E-state index is 0.740. The monoisotopic (exact) mass is 176 g/mol. The van der Waals surface area contributed by atoms with Crippen molar-refractivity contribution in [3.63, 3.8) is 0 Å². The minimum Gasteiger partial charge on any atom is -0.0961 e. The molecule has 0 aliphatic heterocycles. The Labute approximate surface area is 82.0 Å². The first-order valence-electron chi connectivity index (χ1n) is 5.22. The highest BCUT2D eigenvalue weighted by Crippen LogP contribution is 2.29. The van der Waals surface area contributed by atoms with E-state index in [4.69, 9.17) is 0 Å². The van der Waals surface area contributed by atoms with Crippen molar-refractivity contribution in [1.29, 1.82) is 0 Å². The van der Waals surface area contributed by atoms with Gasteiger partial charge in [0.25, 0.3) is 0 Å². The average molecular weight is 176 g/mol. The smallest absolute Gasteiger partial charge is 0.0168 e. The van der Waals surface area contributed by atoms with Crippen molar-refractivity contribution >= 4 is 0 Å². The van der Waals surface area contributed by atoms with Crippen LogP contribution in [0.4, 0.5) is 0 Å². The van der Waals surface area contributed by atoms with Gasteiger partial charge in [-0.2, -0.15) is 0 Å². The first kappa shape index (κ1) is 10.3. The summed E-state index contributed by atoms with van der Waals surface area (Å²) in [6.07, 6.45) is 11.0. The van der Waals surface area contributed by atoms with Crippen LogP contribution in [-0.2, 0) is 0 Å². The molecule has 0 aromatic heterocycles. The van der Waals surface area contributed by atoms with Crippen molar-refractivity contribution in [3.8, 4) is 0 Å². The van der Waals surface area contributed by atoms with Crippen LogP contribution in [0.1, 0.15) is 39.0 Å². The topological polar surface area (TPSA) is 0 Å². The van der Waals surface area contributed by atoms with Gasteiger partial charge in [0, 0.05) is 0 Å². The summed E-state index contributed by atoms with van der Waals surface area (Å²) in [5.74, 6) is 0.740. The molecule has 1 saturated carbocycles. The van der Waals surface area contributed by atoms with Crippen molar-refractivity contribution in [2.75, 3.05) is 0 Å². The van der Waals surface area contributed by atoms with Gasteiger partial charge in [-0.1, -0.05) is 55.7 Å². The lowest BCUT2D eigenvalue weighted by molar-refractivity contribution is 0.409. The highest BCUT2D eigenvalue weighted by molar-refractivity contribution is 5.24. The van der Waals surface area contributed by atoms with Gasteiger partial charge in [0.15, 0.2) is 0 Å². The van der Waals surface area contributed by atoms with E-state index in [9.17, 15) is 0 Å². The normalized spacial score (nSPS) is 19.2. The lowest BCUT2D eigenvalue weighted by atomic mass is 9.84. The predicted molar refractivity (Wildman–Crippen MR) is 59.7 cm³/mol. The molecule has 72 valence electrons. The fourth-order valence-corrected chi connectivity index (χ4v) is 1.86. The molecule has 1 aliphatic rings. The third kappa shape index (κ3) is 3.63. The van der Waals surface area contributed by atoms with Gasteiger partial charge >= 0.3 is 0 Å².